The number of nitrogens with zero attached hydrogens (tertiary/aromatic N) is 3. The molecule has 1 heterocycles. The lowest BCUT2D eigenvalue weighted by molar-refractivity contribution is -0.113. The molecule has 0 aliphatic carbocycles. The highest BCUT2D eigenvalue weighted by atomic mass is 35.5. The molecule has 1 aromatic heterocycles. The summed E-state index contributed by atoms with van der Waals surface area (Å²) < 4.78 is 1.95. The van der Waals surface area contributed by atoms with Crippen LogP contribution in [-0.2, 0) is 10.2 Å². The molecule has 0 radical (unpaired) electrons. The molecule has 0 saturated carbocycles. The number of aromatic nitrogens is 3. The molecular weight excluding hydrogens is 499 g/mol. The Hall–Kier alpha value is -2.80. The lowest BCUT2D eigenvalue weighted by Gasteiger charge is -2.19. The Morgan fingerprint density at radius 3 is 2.26 bits per heavy atom. The number of anilines is 1. The van der Waals surface area contributed by atoms with Gasteiger partial charge >= 0.3 is 0 Å². The average molecular weight is 526 g/mol. The number of carbonyl (C=O) groups excluding carboxylic acids is 1. The standard InChI is InChI=1S/C27H26Cl2N4OS/c1-17-5-10-21(29)15-23(17)30-24(34)16-35-26-32-31-25(33(26)22-13-11-20(28)12-14-22)18-6-8-19(9-7-18)27(2,3)4/h5-15H,16H2,1-4H3,(H,30,34). The highest BCUT2D eigenvalue weighted by Crippen LogP contribution is 2.31. The highest BCUT2D eigenvalue weighted by molar-refractivity contribution is 7.99. The van der Waals surface area contributed by atoms with Gasteiger partial charge in [0.15, 0.2) is 11.0 Å². The van der Waals surface area contributed by atoms with E-state index in [2.05, 4.69) is 60.6 Å². The molecule has 0 unspecified atom stereocenters. The third kappa shape index (κ3) is 6.07. The molecule has 1 amide bonds. The van der Waals surface area contributed by atoms with Gasteiger partial charge in [0.25, 0.3) is 0 Å². The first-order valence-corrected chi connectivity index (χ1v) is 12.9. The van der Waals surface area contributed by atoms with E-state index in [1.54, 1.807) is 12.1 Å². The van der Waals surface area contributed by atoms with Crippen LogP contribution in [0.25, 0.3) is 17.1 Å². The minimum Gasteiger partial charge on any atom is -0.325 e. The summed E-state index contributed by atoms with van der Waals surface area (Å²) in [5, 5.41) is 13.6. The van der Waals surface area contributed by atoms with Crippen molar-refractivity contribution in [1.82, 2.24) is 14.8 Å². The smallest absolute Gasteiger partial charge is 0.234 e. The molecule has 8 heteroatoms. The van der Waals surface area contributed by atoms with Gasteiger partial charge in [0.2, 0.25) is 5.91 Å². The number of halogens is 2. The van der Waals surface area contributed by atoms with Crippen LogP contribution in [0.5, 0.6) is 0 Å². The molecule has 5 nitrogen and oxygen atoms in total. The van der Waals surface area contributed by atoms with E-state index >= 15 is 0 Å². The summed E-state index contributed by atoms with van der Waals surface area (Å²) in [4.78, 5) is 12.7. The van der Waals surface area contributed by atoms with Crippen LogP contribution in [-0.4, -0.2) is 26.4 Å². The molecule has 0 bridgehead atoms. The minimum absolute atomic E-state index is 0.0537. The summed E-state index contributed by atoms with van der Waals surface area (Å²) in [7, 11) is 0. The third-order valence-electron chi connectivity index (χ3n) is 5.53. The second kappa shape index (κ2) is 10.4. The van der Waals surface area contributed by atoms with E-state index < -0.39 is 0 Å². The number of hydrogen-bond donors (Lipinski definition) is 1. The summed E-state index contributed by atoms with van der Waals surface area (Å²) in [6, 6.07) is 21.2. The van der Waals surface area contributed by atoms with Crippen molar-refractivity contribution in [1.29, 1.82) is 0 Å². The predicted octanol–water partition coefficient (Wildman–Crippen LogP) is 7.58. The topological polar surface area (TPSA) is 59.8 Å². The fourth-order valence-corrected chi connectivity index (χ4v) is 4.59. The van der Waals surface area contributed by atoms with E-state index in [9.17, 15) is 4.79 Å². The second-order valence-corrected chi connectivity index (χ2v) is 11.1. The van der Waals surface area contributed by atoms with E-state index in [0.29, 0.717) is 26.7 Å². The van der Waals surface area contributed by atoms with Crippen molar-refractivity contribution in [2.24, 2.45) is 0 Å². The maximum absolute atomic E-state index is 12.7. The average Bonchev–Trinajstić information content (AvgIpc) is 3.24. The van der Waals surface area contributed by atoms with Gasteiger partial charge in [-0.15, -0.1) is 10.2 Å². The zero-order valence-electron chi connectivity index (χ0n) is 20.0. The van der Waals surface area contributed by atoms with Crippen LogP contribution in [0.15, 0.2) is 71.9 Å². The first-order chi connectivity index (χ1) is 16.6. The Morgan fingerprint density at radius 1 is 0.943 bits per heavy atom. The van der Waals surface area contributed by atoms with E-state index in [-0.39, 0.29) is 17.1 Å². The summed E-state index contributed by atoms with van der Waals surface area (Å²) in [5.74, 6) is 0.712. The predicted molar refractivity (Wildman–Crippen MR) is 146 cm³/mol. The summed E-state index contributed by atoms with van der Waals surface area (Å²) in [5.41, 5.74) is 4.73. The number of benzene rings is 3. The molecule has 0 aliphatic heterocycles. The van der Waals surface area contributed by atoms with Crippen molar-refractivity contribution < 1.29 is 4.79 Å². The fourth-order valence-electron chi connectivity index (χ4n) is 3.54. The molecule has 1 N–H and O–H groups in total. The molecule has 35 heavy (non-hydrogen) atoms. The monoisotopic (exact) mass is 524 g/mol. The van der Waals surface area contributed by atoms with Crippen LogP contribution < -0.4 is 5.32 Å². The van der Waals surface area contributed by atoms with Crippen molar-refractivity contribution >= 4 is 46.6 Å². The molecule has 0 saturated heterocycles. The van der Waals surface area contributed by atoms with E-state index in [1.165, 1.54) is 17.3 Å². The van der Waals surface area contributed by atoms with Gasteiger partial charge in [-0.2, -0.15) is 0 Å². The molecular formula is C27H26Cl2N4OS. The lowest BCUT2D eigenvalue weighted by atomic mass is 9.87. The van der Waals surface area contributed by atoms with Crippen LogP contribution in [0.4, 0.5) is 5.69 Å². The zero-order valence-corrected chi connectivity index (χ0v) is 22.3. The van der Waals surface area contributed by atoms with Gasteiger partial charge < -0.3 is 5.32 Å². The van der Waals surface area contributed by atoms with Crippen LogP contribution in [0.1, 0.15) is 31.9 Å². The van der Waals surface area contributed by atoms with Crippen LogP contribution >= 0.6 is 35.0 Å². The normalized spacial score (nSPS) is 11.5. The molecule has 0 spiro atoms. The SMILES string of the molecule is Cc1ccc(Cl)cc1NC(=O)CSc1nnc(-c2ccc(C(C)(C)C)cc2)n1-c1ccc(Cl)cc1. The number of nitrogens with one attached hydrogen (secondary N) is 1. The Balaban J connectivity index is 1.62. The van der Waals surface area contributed by atoms with Gasteiger partial charge in [-0.05, 0) is 59.9 Å². The van der Waals surface area contributed by atoms with Crippen LogP contribution in [0, 0.1) is 6.92 Å². The van der Waals surface area contributed by atoms with Gasteiger partial charge in [0.1, 0.15) is 0 Å². The quantitative estimate of drug-likeness (QED) is 0.264. The van der Waals surface area contributed by atoms with Gasteiger partial charge in [-0.25, -0.2) is 0 Å². The third-order valence-corrected chi connectivity index (χ3v) is 6.95. The van der Waals surface area contributed by atoms with Crippen LogP contribution in [0.2, 0.25) is 10.0 Å². The largest absolute Gasteiger partial charge is 0.325 e. The molecule has 4 aromatic rings. The second-order valence-electron chi connectivity index (χ2n) is 9.24. The van der Waals surface area contributed by atoms with Crippen molar-refractivity contribution in [3.8, 4) is 17.1 Å². The maximum atomic E-state index is 12.7. The number of aryl methyl sites for hydroxylation is 1. The minimum atomic E-state index is -0.151. The van der Waals surface area contributed by atoms with Gasteiger partial charge in [-0.1, -0.05) is 86.1 Å². The maximum Gasteiger partial charge on any atom is 0.234 e. The number of thioether (sulfide) groups is 1. The number of carbonyl (C=O) groups is 1. The lowest BCUT2D eigenvalue weighted by Crippen LogP contribution is -2.15. The fraction of sp³-hybridized carbons (Fsp3) is 0.222. The molecule has 4 rings (SSSR count). The Labute approximate surface area is 219 Å². The molecule has 0 atom stereocenters. The highest BCUT2D eigenvalue weighted by Gasteiger charge is 2.19. The molecule has 0 aliphatic rings. The molecule has 180 valence electrons. The van der Waals surface area contributed by atoms with E-state index in [0.717, 1.165) is 16.8 Å². The van der Waals surface area contributed by atoms with Crippen molar-refractivity contribution in [3.05, 3.63) is 87.9 Å². The van der Waals surface area contributed by atoms with Gasteiger partial charge in [-0.3, -0.25) is 9.36 Å². The zero-order chi connectivity index (χ0) is 25.2. The number of hydrogen-bond acceptors (Lipinski definition) is 4. The van der Waals surface area contributed by atoms with Gasteiger partial charge in [0.05, 0.1) is 5.75 Å². The summed E-state index contributed by atoms with van der Waals surface area (Å²) in [6.45, 7) is 8.47. The van der Waals surface area contributed by atoms with Crippen molar-refractivity contribution in [3.63, 3.8) is 0 Å². The molecule has 0 fully saturated rings. The Bertz CT molecular complexity index is 1340. The Morgan fingerprint density at radius 2 is 1.60 bits per heavy atom. The first-order valence-electron chi connectivity index (χ1n) is 11.1. The van der Waals surface area contributed by atoms with Crippen molar-refractivity contribution in [2.75, 3.05) is 11.1 Å². The van der Waals surface area contributed by atoms with E-state index in [1.807, 2.05) is 41.8 Å². The number of amides is 1. The number of rotatable bonds is 6. The van der Waals surface area contributed by atoms with Gasteiger partial charge in [0, 0.05) is 27.0 Å². The summed E-state index contributed by atoms with van der Waals surface area (Å²) in [6.07, 6.45) is 0. The Kier molecular flexibility index (Phi) is 7.55. The van der Waals surface area contributed by atoms with Crippen LogP contribution in [0.3, 0.4) is 0 Å². The van der Waals surface area contributed by atoms with E-state index in [4.69, 9.17) is 23.2 Å². The van der Waals surface area contributed by atoms with Crippen molar-refractivity contribution in [2.45, 2.75) is 38.3 Å². The summed E-state index contributed by atoms with van der Waals surface area (Å²) >= 11 is 13.5. The molecule has 3 aromatic carbocycles. The first kappa shape index (κ1) is 25.3.